The van der Waals surface area contributed by atoms with Crippen LogP contribution in [0.2, 0.25) is 0 Å². The van der Waals surface area contributed by atoms with Crippen LogP contribution in [0.25, 0.3) is 0 Å². The molecule has 0 radical (unpaired) electrons. The quantitative estimate of drug-likeness (QED) is 0.716. The Balaban J connectivity index is 2.32. The minimum Gasteiger partial charge on any atom is -0.496 e. The zero-order chi connectivity index (χ0) is 15.0. The molecule has 5 heteroatoms. The number of carbonyl (C=O) groups excluding carboxylic acids is 1. The molecule has 0 bridgehead atoms. The van der Waals surface area contributed by atoms with Gasteiger partial charge in [-0.15, -0.1) is 0 Å². The van der Waals surface area contributed by atoms with E-state index in [0.29, 0.717) is 25.8 Å². The van der Waals surface area contributed by atoms with Gasteiger partial charge in [0.25, 0.3) is 0 Å². The van der Waals surface area contributed by atoms with Crippen molar-refractivity contribution in [1.29, 1.82) is 0 Å². The summed E-state index contributed by atoms with van der Waals surface area (Å²) in [7, 11) is 1.62. The molecule has 1 amide bonds. The van der Waals surface area contributed by atoms with Gasteiger partial charge in [0.05, 0.1) is 7.11 Å². The lowest BCUT2D eigenvalue weighted by Gasteiger charge is -2.09. The van der Waals surface area contributed by atoms with Crippen molar-refractivity contribution in [2.75, 3.05) is 7.11 Å². The van der Waals surface area contributed by atoms with Crippen LogP contribution in [0.1, 0.15) is 36.8 Å². The monoisotopic (exact) mass is 279 g/mol. The number of ether oxygens (including phenoxy) is 1. The summed E-state index contributed by atoms with van der Waals surface area (Å²) in [6.45, 7) is 2.41. The van der Waals surface area contributed by atoms with E-state index < -0.39 is 5.97 Å². The minimum atomic E-state index is -0.822. The fraction of sp³-hybridized carbons (Fsp3) is 0.467. The molecule has 0 heterocycles. The highest BCUT2D eigenvalue weighted by Gasteiger charge is 2.04. The fourth-order valence-electron chi connectivity index (χ4n) is 1.83. The van der Waals surface area contributed by atoms with Gasteiger partial charge >= 0.3 is 5.97 Å². The molecule has 0 aliphatic heterocycles. The molecule has 0 unspecified atom stereocenters. The number of aliphatic carboxylic acids is 1. The fourth-order valence-corrected chi connectivity index (χ4v) is 1.83. The van der Waals surface area contributed by atoms with E-state index in [1.807, 2.05) is 25.1 Å². The van der Waals surface area contributed by atoms with Crippen LogP contribution in [0.4, 0.5) is 0 Å². The first kappa shape index (κ1) is 16.0. The van der Waals surface area contributed by atoms with Crippen LogP contribution in [-0.2, 0) is 16.1 Å². The standard InChI is InChI=1S/C15H21NO4/c1-11-7-8-12(9-13(11)20-2)10-16-14(17)5-3-4-6-15(18)19/h7-9H,3-6,10H2,1-2H3,(H,16,17)(H,18,19). The maximum absolute atomic E-state index is 11.6. The van der Waals surface area contributed by atoms with Gasteiger partial charge in [-0.3, -0.25) is 9.59 Å². The Labute approximate surface area is 118 Å². The Hall–Kier alpha value is -2.04. The van der Waals surface area contributed by atoms with Crippen LogP contribution >= 0.6 is 0 Å². The van der Waals surface area contributed by atoms with Gasteiger partial charge in [0, 0.05) is 19.4 Å². The van der Waals surface area contributed by atoms with Crippen molar-refractivity contribution in [3.05, 3.63) is 29.3 Å². The summed E-state index contributed by atoms with van der Waals surface area (Å²) in [5.41, 5.74) is 2.03. The molecule has 0 atom stereocenters. The predicted octanol–water partition coefficient (Wildman–Crippen LogP) is 2.26. The number of carbonyl (C=O) groups is 2. The molecule has 2 N–H and O–H groups in total. The summed E-state index contributed by atoms with van der Waals surface area (Å²) in [5, 5.41) is 11.3. The van der Waals surface area contributed by atoms with Crippen molar-refractivity contribution in [2.45, 2.75) is 39.2 Å². The van der Waals surface area contributed by atoms with Gasteiger partial charge in [0.1, 0.15) is 5.75 Å². The minimum absolute atomic E-state index is 0.0602. The molecule has 0 spiro atoms. The van der Waals surface area contributed by atoms with Gasteiger partial charge in [-0.25, -0.2) is 0 Å². The summed E-state index contributed by atoms with van der Waals surface area (Å²) in [4.78, 5) is 21.9. The van der Waals surface area contributed by atoms with E-state index in [0.717, 1.165) is 16.9 Å². The lowest BCUT2D eigenvalue weighted by Crippen LogP contribution is -2.22. The van der Waals surface area contributed by atoms with E-state index in [1.165, 1.54) is 0 Å². The molecular formula is C15H21NO4. The largest absolute Gasteiger partial charge is 0.496 e. The normalized spacial score (nSPS) is 10.1. The highest BCUT2D eigenvalue weighted by atomic mass is 16.5. The van der Waals surface area contributed by atoms with Crippen LogP contribution < -0.4 is 10.1 Å². The molecule has 110 valence electrons. The topological polar surface area (TPSA) is 75.6 Å². The van der Waals surface area contributed by atoms with Gasteiger partial charge < -0.3 is 15.2 Å². The molecule has 0 saturated carbocycles. The molecule has 1 aromatic rings. The third kappa shape index (κ3) is 5.73. The Morgan fingerprint density at radius 2 is 1.95 bits per heavy atom. The van der Waals surface area contributed by atoms with E-state index in [2.05, 4.69) is 5.32 Å². The second-order valence-electron chi connectivity index (χ2n) is 4.68. The van der Waals surface area contributed by atoms with Gasteiger partial charge in [0.2, 0.25) is 5.91 Å². The summed E-state index contributed by atoms with van der Waals surface area (Å²) in [5.74, 6) is -0.0784. The van der Waals surface area contributed by atoms with Gasteiger partial charge in [-0.05, 0) is 37.0 Å². The second kappa shape index (κ2) is 8.19. The maximum Gasteiger partial charge on any atom is 0.303 e. The lowest BCUT2D eigenvalue weighted by atomic mass is 10.1. The number of aryl methyl sites for hydroxylation is 1. The number of carboxylic acids is 1. The van der Waals surface area contributed by atoms with E-state index >= 15 is 0 Å². The molecule has 1 aromatic carbocycles. The Bertz CT molecular complexity index is 471. The molecule has 1 rings (SSSR count). The molecule has 0 aliphatic carbocycles. The molecule has 5 nitrogen and oxygen atoms in total. The summed E-state index contributed by atoms with van der Waals surface area (Å²) < 4.78 is 5.23. The van der Waals surface area contributed by atoms with E-state index in [9.17, 15) is 9.59 Å². The van der Waals surface area contributed by atoms with Crippen LogP contribution in [0.3, 0.4) is 0 Å². The first-order valence-electron chi connectivity index (χ1n) is 6.65. The molecule has 0 aliphatic rings. The Morgan fingerprint density at radius 3 is 2.60 bits per heavy atom. The summed E-state index contributed by atoms with van der Waals surface area (Å²) in [6.07, 6.45) is 1.59. The lowest BCUT2D eigenvalue weighted by molar-refractivity contribution is -0.137. The summed E-state index contributed by atoms with van der Waals surface area (Å²) >= 11 is 0. The average Bonchev–Trinajstić information content (AvgIpc) is 2.42. The van der Waals surface area contributed by atoms with Gasteiger partial charge in [0.15, 0.2) is 0 Å². The van der Waals surface area contributed by atoms with Crippen molar-refractivity contribution >= 4 is 11.9 Å². The Kier molecular flexibility index (Phi) is 6.56. The van der Waals surface area contributed by atoms with Crippen molar-refractivity contribution in [3.8, 4) is 5.75 Å². The first-order chi connectivity index (χ1) is 9.52. The van der Waals surface area contributed by atoms with E-state index in [1.54, 1.807) is 7.11 Å². The SMILES string of the molecule is COc1cc(CNC(=O)CCCCC(=O)O)ccc1C. The van der Waals surface area contributed by atoms with Gasteiger partial charge in [-0.2, -0.15) is 0 Å². The molecular weight excluding hydrogens is 258 g/mol. The second-order valence-corrected chi connectivity index (χ2v) is 4.68. The van der Waals surface area contributed by atoms with E-state index in [-0.39, 0.29) is 12.3 Å². The number of hydrogen-bond donors (Lipinski definition) is 2. The zero-order valence-corrected chi connectivity index (χ0v) is 11.9. The van der Waals surface area contributed by atoms with Crippen molar-refractivity contribution < 1.29 is 19.4 Å². The highest BCUT2D eigenvalue weighted by Crippen LogP contribution is 2.18. The molecule has 20 heavy (non-hydrogen) atoms. The maximum atomic E-state index is 11.6. The first-order valence-corrected chi connectivity index (χ1v) is 6.65. The molecule has 0 fully saturated rings. The smallest absolute Gasteiger partial charge is 0.303 e. The van der Waals surface area contributed by atoms with Crippen molar-refractivity contribution in [3.63, 3.8) is 0 Å². The highest BCUT2D eigenvalue weighted by molar-refractivity contribution is 5.75. The van der Waals surface area contributed by atoms with Crippen LogP contribution in [-0.4, -0.2) is 24.1 Å². The summed E-state index contributed by atoms with van der Waals surface area (Å²) in [6, 6.07) is 5.80. The molecule has 0 aromatic heterocycles. The predicted molar refractivity (Wildman–Crippen MR) is 75.7 cm³/mol. The van der Waals surface area contributed by atoms with Crippen LogP contribution in [0, 0.1) is 6.92 Å². The number of carboxylic acid groups (broad SMARTS) is 1. The number of rotatable bonds is 8. The van der Waals surface area contributed by atoms with Crippen LogP contribution in [0.5, 0.6) is 5.75 Å². The number of amides is 1. The van der Waals surface area contributed by atoms with E-state index in [4.69, 9.17) is 9.84 Å². The van der Waals surface area contributed by atoms with Crippen molar-refractivity contribution in [1.82, 2.24) is 5.32 Å². The number of methoxy groups -OCH3 is 1. The average molecular weight is 279 g/mol. The zero-order valence-electron chi connectivity index (χ0n) is 11.9. The number of unbranched alkanes of at least 4 members (excludes halogenated alkanes) is 1. The van der Waals surface area contributed by atoms with Gasteiger partial charge in [-0.1, -0.05) is 12.1 Å². The number of benzene rings is 1. The Morgan fingerprint density at radius 1 is 1.25 bits per heavy atom. The number of nitrogens with one attached hydrogen (secondary N) is 1. The molecule has 0 saturated heterocycles. The number of hydrogen-bond acceptors (Lipinski definition) is 3. The van der Waals surface area contributed by atoms with Crippen LogP contribution in [0.15, 0.2) is 18.2 Å². The third-order valence-corrected chi connectivity index (χ3v) is 3.01. The third-order valence-electron chi connectivity index (χ3n) is 3.01. The van der Waals surface area contributed by atoms with Crippen molar-refractivity contribution in [2.24, 2.45) is 0 Å².